The summed E-state index contributed by atoms with van der Waals surface area (Å²) < 4.78 is 11.8. The Hall–Kier alpha value is -2.90. The molecule has 0 atom stereocenters. The first-order chi connectivity index (χ1) is 15.8. The molecule has 5 nitrogen and oxygen atoms in total. The molecule has 0 saturated heterocycles. The predicted molar refractivity (Wildman–Crippen MR) is 138 cm³/mol. The number of hydrogen-bond acceptors (Lipinski definition) is 5. The minimum atomic E-state index is -0.460. The van der Waals surface area contributed by atoms with Gasteiger partial charge in [-0.25, -0.2) is 4.79 Å². The molecule has 1 N–H and O–H groups in total. The van der Waals surface area contributed by atoms with Crippen molar-refractivity contribution in [2.45, 2.75) is 27.7 Å². The van der Waals surface area contributed by atoms with Gasteiger partial charge in [0.25, 0.3) is 0 Å². The van der Waals surface area contributed by atoms with Crippen molar-refractivity contribution in [2.75, 3.05) is 18.5 Å². The zero-order valence-corrected chi connectivity index (χ0v) is 21.4. The normalized spacial score (nSPS) is 10.9. The van der Waals surface area contributed by atoms with E-state index in [0.29, 0.717) is 22.9 Å². The molecule has 0 radical (unpaired) electrons. The zero-order chi connectivity index (χ0) is 24.0. The second-order valence-corrected chi connectivity index (χ2v) is 9.13. The first-order valence-corrected chi connectivity index (χ1v) is 12.3. The molecule has 1 amide bonds. The van der Waals surface area contributed by atoms with Crippen molar-refractivity contribution in [2.24, 2.45) is 0 Å². The number of ether oxygens (including phenoxy) is 2. The van der Waals surface area contributed by atoms with Gasteiger partial charge in [-0.1, -0.05) is 39.7 Å². The Bertz CT molecular complexity index is 1200. The van der Waals surface area contributed by atoms with Crippen LogP contribution in [0.15, 0.2) is 52.3 Å². The van der Waals surface area contributed by atoms with Gasteiger partial charge in [-0.2, -0.15) is 0 Å². The molecule has 3 aromatic rings. The van der Waals surface area contributed by atoms with Crippen molar-refractivity contribution >= 4 is 50.2 Å². The van der Waals surface area contributed by atoms with E-state index in [1.165, 1.54) is 17.4 Å². The van der Waals surface area contributed by atoms with Crippen LogP contribution >= 0.6 is 27.3 Å². The topological polar surface area (TPSA) is 64.6 Å². The average Bonchev–Trinajstić information content (AvgIpc) is 3.17. The second kappa shape index (κ2) is 11.3. The number of hydrogen-bond donors (Lipinski definition) is 1. The average molecular weight is 528 g/mol. The molecule has 33 heavy (non-hydrogen) atoms. The van der Waals surface area contributed by atoms with Gasteiger partial charge in [0.2, 0.25) is 5.91 Å². The quantitative estimate of drug-likeness (QED) is 0.252. The first kappa shape index (κ1) is 24.7. The molecular formula is C26H26BrNO4S. The number of anilines is 1. The Morgan fingerprint density at radius 3 is 2.55 bits per heavy atom. The highest BCUT2D eigenvalue weighted by atomic mass is 79.9. The predicted octanol–water partition coefficient (Wildman–Crippen LogP) is 7.02. The van der Waals surface area contributed by atoms with Crippen LogP contribution in [0.25, 0.3) is 17.2 Å². The van der Waals surface area contributed by atoms with E-state index < -0.39 is 5.97 Å². The van der Waals surface area contributed by atoms with Crippen LogP contribution < -0.4 is 10.1 Å². The molecule has 0 aliphatic heterocycles. The summed E-state index contributed by atoms with van der Waals surface area (Å²) in [7, 11) is 0. The zero-order valence-electron chi connectivity index (χ0n) is 19.0. The Morgan fingerprint density at radius 2 is 1.85 bits per heavy atom. The molecule has 0 fully saturated rings. The van der Waals surface area contributed by atoms with Crippen LogP contribution in [0.4, 0.5) is 5.00 Å². The van der Waals surface area contributed by atoms with Gasteiger partial charge in [0, 0.05) is 27.1 Å². The van der Waals surface area contributed by atoms with Gasteiger partial charge < -0.3 is 14.8 Å². The molecule has 2 aromatic carbocycles. The summed E-state index contributed by atoms with van der Waals surface area (Å²) in [4.78, 5) is 25.5. The van der Waals surface area contributed by atoms with Crippen LogP contribution in [0.5, 0.6) is 5.75 Å². The number of rotatable bonds is 8. The Balaban J connectivity index is 1.91. The van der Waals surface area contributed by atoms with Crippen molar-refractivity contribution < 1.29 is 19.1 Å². The molecule has 0 aliphatic rings. The fraction of sp³-hybridized carbons (Fsp3) is 0.231. The van der Waals surface area contributed by atoms with E-state index in [1.807, 2.05) is 56.5 Å². The highest BCUT2D eigenvalue weighted by molar-refractivity contribution is 9.10. The number of nitrogens with one attached hydrogen (secondary N) is 1. The molecule has 0 saturated carbocycles. The maximum atomic E-state index is 12.8. The van der Waals surface area contributed by atoms with Crippen molar-refractivity contribution in [1.82, 2.24) is 0 Å². The van der Waals surface area contributed by atoms with E-state index in [4.69, 9.17) is 9.47 Å². The van der Waals surface area contributed by atoms with Crippen molar-refractivity contribution in [3.05, 3.63) is 74.6 Å². The third-order valence-electron chi connectivity index (χ3n) is 4.87. The van der Waals surface area contributed by atoms with E-state index in [9.17, 15) is 9.59 Å². The lowest BCUT2D eigenvalue weighted by molar-refractivity contribution is -0.111. The number of thiophene rings is 1. The van der Waals surface area contributed by atoms with Crippen molar-refractivity contribution in [3.63, 3.8) is 0 Å². The third kappa shape index (κ3) is 6.12. The number of halogens is 1. The van der Waals surface area contributed by atoms with Gasteiger partial charge in [-0.15, -0.1) is 11.3 Å². The van der Waals surface area contributed by atoms with Gasteiger partial charge in [-0.3, -0.25) is 4.79 Å². The van der Waals surface area contributed by atoms with E-state index in [0.717, 1.165) is 32.3 Å². The minimum absolute atomic E-state index is 0.247. The molecule has 1 aromatic heterocycles. The van der Waals surface area contributed by atoms with Gasteiger partial charge in [-0.05, 0) is 63.1 Å². The van der Waals surface area contributed by atoms with E-state index in [2.05, 4.69) is 27.3 Å². The standard InChI is InChI=1S/C26H26BrNO4S/c1-5-31-22-11-9-19(27)14-18(22)8-12-23(29)28-25-24(26(30)32-6-2)21(15-33-25)20-10-7-16(3)13-17(20)4/h7-15H,5-6H2,1-4H3,(H,28,29)/b12-8+. The van der Waals surface area contributed by atoms with Crippen LogP contribution in [0, 0.1) is 13.8 Å². The highest BCUT2D eigenvalue weighted by Gasteiger charge is 2.23. The second-order valence-electron chi connectivity index (χ2n) is 7.33. The molecule has 172 valence electrons. The lowest BCUT2D eigenvalue weighted by Gasteiger charge is -2.10. The minimum Gasteiger partial charge on any atom is -0.493 e. The summed E-state index contributed by atoms with van der Waals surface area (Å²) in [6.45, 7) is 8.46. The SMILES string of the molecule is CCOC(=O)c1c(-c2ccc(C)cc2C)csc1NC(=O)/C=C/c1cc(Br)ccc1OCC. The molecule has 7 heteroatoms. The number of esters is 1. The largest absolute Gasteiger partial charge is 0.493 e. The van der Waals surface area contributed by atoms with E-state index in [1.54, 1.807) is 13.0 Å². The molecule has 0 unspecified atom stereocenters. The van der Waals surface area contributed by atoms with Crippen LogP contribution in [0.2, 0.25) is 0 Å². The highest BCUT2D eigenvalue weighted by Crippen LogP contribution is 2.38. The Kier molecular flexibility index (Phi) is 8.47. The lowest BCUT2D eigenvalue weighted by atomic mass is 9.97. The Labute approximate surface area is 206 Å². The summed E-state index contributed by atoms with van der Waals surface area (Å²) in [6, 6.07) is 11.7. The summed E-state index contributed by atoms with van der Waals surface area (Å²) in [6.07, 6.45) is 3.11. The summed E-state index contributed by atoms with van der Waals surface area (Å²) in [5.74, 6) is -0.124. The van der Waals surface area contributed by atoms with Gasteiger partial charge in [0.05, 0.1) is 13.2 Å². The molecule has 3 rings (SSSR count). The molecule has 0 spiro atoms. The molecule has 1 heterocycles. The van der Waals surface area contributed by atoms with Crippen LogP contribution in [-0.2, 0) is 9.53 Å². The fourth-order valence-electron chi connectivity index (χ4n) is 3.43. The van der Waals surface area contributed by atoms with Crippen LogP contribution in [0.1, 0.15) is 40.9 Å². The number of carbonyl (C=O) groups is 2. The van der Waals surface area contributed by atoms with E-state index in [-0.39, 0.29) is 12.5 Å². The van der Waals surface area contributed by atoms with Crippen LogP contribution in [-0.4, -0.2) is 25.1 Å². The van der Waals surface area contributed by atoms with Gasteiger partial charge in [0.1, 0.15) is 16.3 Å². The molecule has 0 bridgehead atoms. The van der Waals surface area contributed by atoms with E-state index >= 15 is 0 Å². The Morgan fingerprint density at radius 1 is 1.06 bits per heavy atom. The lowest BCUT2D eigenvalue weighted by Crippen LogP contribution is -2.12. The van der Waals surface area contributed by atoms with Crippen molar-refractivity contribution in [1.29, 1.82) is 0 Å². The smallest absolute Gasteiger partial charge is 0.341 e. The summed E-state index contributed by atoms with van der Waals surface area (Å²) in [5.41, 5.74) is 5.02. The van der Waals surface area contributed by atoms with Crippen molar-refractivity contribution in [3.8, 4) is 16.9 Å². The maximum absolute atomic E-state index is 12.8. The van der Waals surface area contributed by atoms with Gasteiger partial charge in [0.15, 0.2) is 0 Å². The third-order valence-corrected chi connectivity index (χ3v) is 6.25. The number of aryl methyl sites for hydroxylation is 2. The molecular weight excluding hydrogens is 502 g/mol. The summed E-state index contributed by atoms with van der Waals surface area (Å²) in [5, 5.41) is 5.18. The first-order valence-electron chi connectivity index (χ1n) is 10.6. The number of amides is 1. The van der Waals surface area contributed by atoms with Crippen LogP contribution in [0.3, 0.4) is 0 Å². The summed E-state index contributed by atoms with van der Waals surface area (Å²) >= 11 is 4.75. The monoisotopic (exact) mass is 527 g/mol. The number of carbonyl (C=O) groups excluding carboxylic acids is 2. The molecule has 0 aliphatic carbocycles. The maximum Gasteiger partial charge on any atom is 0.341 e. The fourth-order valence-corrected chi connectivity index (χ4v) is 4.76. The number of benzene rings is 2. The van der Waals surface area contributed by atoms with Gasteiger partial charge >= 0.3 is 5.97 Å².